The van der Waals surface area contributed by atoms with Gasteiger partial charge in [-0.05, 0) is 0 Å². The van der Waals surface area contributed by atoms with E-state index in [1.165, 1.54) is 13.8 Å². The van der Waals surface area contributed by atoms with Crippen LogP contribution in [-0.2, 0) is 10.1 Å². The molecule has 0 radical (unpaired) electrons. The molecular formula is C10H9NaO7S. The van der Waals surface area contributed by atoms with Crippen molar-refractivity contribution in [1.82, 2.24) is 0 Å². The summed E-state index contributed by atoms with van der Waals surface area (Å²) in [6.45, 7) is 2.53. The fourth-order valence-electron chi connectivity index (χ4n) is 2.22. The predicted molar refractivity (Wildman–Crippen MR) is 65.0 cm³/mol. The van der Waals surface area contributed by atoms with E-state index < -0.39 is 32.5 Å². The van der Waals surface area contributed by atoms with Crippen LogP contribution in [-0.4, -0.2) is 63.1 Å². The molecule has 0 fully saturated rings. The zero-order valence-corrected chi connectivity index (χ0v) is 13.2. The molecule has 0 spiro atoms. The molecule has 19 heavy (non-hydrogen) atoms. The van der Waals surface area contributed by atoms with Gasteiger partial charge in [0.2, 0.25) is 0 Å². The van der Waals surface area contributed by atoms with Crippen LogP contribution in [0.2, 0.25) is 0 Å². The van der Waals surface area contributed by atoms with Crippen LogP contribution in [0.15, 0.2) is 4.90 Å². The minimum absolute atomic E-state index is 0.0186. The van der Waals surface area contributed by atoms with Gasteiger partial charge in [-0.2, -0.15) is 0 Å². The van der Waals surface area contributed by atoms with Crippen molar-refractivity contribution >= 4 is 52.8 Å². The van der Waals surface area contributed by atoms with Crippen molar-refractivity contribution in [3.05, 3.63) is 22.3 Å². The molecule has 1 aromatic carbocycles. The van der Waals surface area contributed by atoms with Crippen LogP contribution in [0.3, 0.4) is 0 Å². The van der Waals surface area contributed by atoms with Crippen LogP contribution in [0.1, 0.15) is 31.8 Å². The molecule has 0 atom stereocenters. The first-order valence-electron chi connectivity index (χ1n) is 5.08. The van der Waals surface area contributed by atoms with Crippen LogP contribution in [0.4, 0.5) is 0 Å². The number of rotatable bonds is 3. The van der Waals surface area contributed by atoms with E-state index in [2.05, 4.69) is 0 Å². The molecule has 0 heterocycles. The summed E-state index contributed by atoms with van der Waals surface area (Å²) in [5.41, 5.74) is -0.954. The summed E-state index contributed by atoms with van der Waals surface area (Å²) in [5.74, 6) is -2.86. The van der Waals surface area contributed by atoms with Gasteiger partial charge < -0.3 is 0 Å². The molecule has 7 nitrogen and oxygen atoms in total. The summed E-state index contributed by atoms with van der Waals surface area (Å²) in [4.78, 5) is 21.7. The molecule has 3 N–H and O–H groups in total. The number of carboxylic acids is 2. The number of carbonyl (C=O) groups is 2. The van der Waals surface area contributed by atoms with Gasteiger partial charge in [-0.25, -0.2) is 0 Å². The van der Waals surface area contributed by atoms with Crippen molar-refractivity contribution in [2.75, 3.05) is 0 Å². The van der Waals surface area contributed by atoms with E-state index in [9.17, 15) is 18.0 Å². The summed E-state index contributed by atoms with van der Waals surface area (Å²) >= 11 is 0.0339. The maximum absolute atomic E-state index is 11.3. The van der Waals surface area contributed by atoms with E-state index in [0.717, 1.165) is 0 Å². The van der Waals surface area contributed by atoms with E-state index in [1.54, 1.807) is 0 Å². The third kappa shape index (κ3) is 2.82. The van der Waals surface area contributed by atoms with E-state index in [1.807, 2.05) is 0 Å². The third-order valence-corrected chi connectivity index (χ3v) is 5.36. The number of hydrogen-bond donors (Lipinski definition) is 3. The average molecular weight is 296 g/mol. The van der Waals surface area contributed by atoms with Crippen LogP contribution in [0.25, 0.3) is 0 Å². The normalized spacial score (nSPS) is 11.4. The maximum atomic E-state index is 11.3. The van der Waals surface area contributed by atoms with Gasteiger partial charge in [0.15, 0.2) is 0 Å². The number of carboxylic acid groups (broad SMARTS) is 2. The molecule has 0 aromatic heterocycles. The Morgan fingerprint density at radius 1 is 1.00 bits per heavy atom. The molecule has 1 rings (SSSR count). The molecule has 9 heteroatoms. The summed E-state index contributed by atoms with van der Waals surface area (Å²) in [5, 5.41) is 18.2. The molecule has 0 aliphatic carbocycles. The molecule has 0 saturated heterocycles. The quantitative estimate of drug-likeness (QED) is 0.517. The summed E-state index contributed by atoms with van der Waals surface area (Å²) in [7, 11) is -4.68. The molecular weight excluding hydrogens is 287 g/mol. The molecule has 0 unspecified atom stereocenters. The summed E-state index contributed by atoms with van der Waals surface area (Å²) in [6, 6.07) is 0. The Hall–Kier alpha value is -0.930. The number of benzene rings is 1. The molecule has 0 saturated carbocycles. The third-order valence-electron chi connectivity index (χ3n) is 2.87. The Morgan fingerprint density at radius 3 is 1.74 bits per heavy atom. The second kappa shape index (κ2) is 5.22. The molecule has 0 amide bonds. The summed E-state index contributed by atoms with van der Waals surface area (Å²) < 4.78 is 31.8. The standard InChI is InChI=1S/C10H9O7S.Na/c1-4-6(9(11)12)3-7(18(15,16)17)5(2)8(4)10(13)14;/h1-2H3,(H,11,12)(H,13,14)(H,15,16,17);. The van der Waals surface area contributed by atoms with Gasteiger partial charge in [0.25, 0.3) is 0 Å². The number of aromatic carboxylic acids is 2. The van der Waals surface area contributed by atoms with Crippen molar-refractivity contribution in [1.29, 1.82) is 0 Å². The Morgan fingerprint density at radius 2 is 1.42 bits per heavy atom. The zero-order chi connectivity index (χ0) is 15.1. The van der Waals surface area contributed by atoms with Crippen LogP contribution >= 0.6 is 0 Å². The van der Waals surface area contributed by atoms with E-state index in [-0.39, 0.29) is 47.4 Å². The van der Waals surface area contributed by atoms with Gasteiger partial charge in [-0.3, -0.25) is 0 Å². The first kappa shape index (κ1) is 16.1. The van der Waals surface area contributed by atoms with Gasteiger partial charge in [0, 0.05) is 0 Å². The topological polar surface area (TPSA) is 129 Å². The first-order valence-corrected chi connectivity index (χ1v) is 7.52. The van der Waals surface area contributed by atoms with E-state index in [4.69, 9.17) is 14.8 Å². The van der Waals surface area contributed by atoms with Crippen LogP contribution in [0.5, 0.6) is 0 Å². The monoisotopic (exact) mass is 296 g/mol. The van der Waals surface area contributed by atoms with Crippen molar-refractivity contribution in [3.8, 4) is 0 Å². The molecule has 0 bridgehead atoms. The van der Waals surface area contributed by atoms with Crippen molar-refractivity contribution in [2.45, 2.75) is 18.7 Å². The van der Waals surface area contributed by atoms with Gasteiger partial charge >= 0.3 is 127 Å². The Bertz CT molecular complexity index is 649. The van der Waals surface area contributed by atoms with Crippen LogP contribution in [0, 0.1) is 13.8 Å². The van der Waals surface area contributed by atoms with Gasteiger partial charge in [-0.1, -0.05) is 0 Å². The minimum atomic E-state index is -4.68. The van der Waals surface area contributed by atoms with E-state index >= 15 is 0 Å². The SMILES string of the molecule is Cc1c(C(=O)O)c(C)c(S(=O)(=O)O)[c]([Na])c1C(=O)O. The fraction of sp³-hybridized carbons (Fsp3) is 0.200. The number of hydrogen-bond acceptors (Lipinski definition) is 4. The van der Waals surface area contributed by atoms with Gasteiger partial charge in [0.1, 0.15) is 0 Å². The predicted octanol–water partition coefficient (Wildman–Crippen LogP) is -0.260. The molecule has 0 aliphatic rings. The second-order valence-electron chi connectivity index (χ2n) is 4.04. The average Bonchev–Trinajstić information content (AvgIpc) is 2.12. The molecule has 0 aliphatic heterocycles. The molecule has 1 aromatic rings. The fourth-order valence-corrected chi connectivity index (χ4v) is 4.94. The van der Waals surface area contributed by atoms with Crippen LogP contribution < -0.4 is 2.81 Å². The second-order valence-corrected chi connectivity index (χ2v) is 6.40. The zero-order valence-electron chi connectivity index (χ0n) is 10.4. The van der Waals surface area contributed by atoms with Crippen molar-refractivity contribution in [2.24, 2.45) is 0 Å². The Kier molecular flexibility index (Phi) is 4.43. The Balaban J connectivity index is 4.08. The molecule has 98 valence electrons. The van der Waals surface area contributed by atoms with Gasteiger partial charge in [0.05, 0.1) is 0 Å². The van der Waals surface area contributed by atoms with Crippen molar-refractivity contribution in [3.63, 3.8) is 0 Å². The van der Waals surface area contributed by atoms with E-state index in [0.29, 0.717) is 0 Å². The first-order chi connectivity index (χ1) is 8.50. The van der Waals surface area contributed by atoms with Gasteiger partial charge in [-0.15, -0.1) is 0 Å². The Labute approximate surface area is 126 Å². The van der Waals surface area contributed by atoms with Crippen molar-refractivity contribution < 1.29 is 32.8 Å². The summed E-state index contributed by atoms with van der Waals surface area (Å²) in [6.07, 6.45) is 0.